The Balaban J connectivity index is 1.66. The molecule has 1 amide bonds. The standard InChI is InChI=1S/C17H21F3N4O2/c1-10-14-12(16(25)21-6-3-7-26-9-17(18,19)20)8-13(11-4-5-11)22-15(14)24(2)23-10/h8,11H,3-7,9H2,1-2H3,(H,21,25). The lowest BCUT2D eigenvalue weighted by molar-refractivity contribution is -0.173. The van der Waals surface area contributed by atoms with E-state index in [1.165, 1.54) is 0 Å². The predicted molar refractivity (Wildman–Crippen MR) is 89.0 cm³/mol. The third-order valence-corrected chi connectivity index (χ3v) is 4.25. The van der Waals surface area contributed by atoms with Crippen LogP contribution in [0.5, 0.6) is 0 Å². The molecule has 2 aromatic rings. The highest BCUT2D eigenvalue weighted by Gasteiger charge is 2.29. The molecule has 26 heavy (non-hydrogen) atoms. The molecule has 0 radical (unpaired) electrons. The molecule has 0 bridgehead atoms. The fourth-order valence-electron chi connectivity index (χ4n) is 2.89. The lowest BCUT2D eigenvalue weighted by Gasteiger charge is -2.10. The Morgan fingerprint density at radius 1 is 1.42 bits per heavy atom. The van der Waals surface area contributed by atoms with Gasteiger partial charge in [0, 0.05) is 31.8 Å². The van der Waals surface area contributed by atoms with E-state index in [0.29, 0.717) is 28.9 Å². The summed E-state index contributed by atoms with van der Waals surface area (Å²) in [6, 6.07) is 1.81. The Hall–Kier alpha value is -2.16. The van der Waals surface area contributed by atoms with Crippen LogP contribution in [0.3, 0.4) is 0 Å². The van der Waals surface area contributed by atoms with Crippen LogP contribution in [0, 0.1) is 6.92 Å². The number of rotatable bonds is 7. The van der Waals surface area contributed by atoms with E-state index in [-0.39, 0.29) is 19.1 Å². The summed E-state index contributed by atoms with van der Waals surface area (Å²) in [5, 5.41) is 7.80. The van der Waals surface area contributed by atoms with Crippen molar-refractivity contribution in [3.05, 3.63) is 23.0 Å². The number of nitrogens with one attached hydrogen (secondary N) is 1. The van der Waals surface area contributed by atoms with E-state index in [1.807, 2.05) is 13.0 Å². The van der Waals surface area contributed by atoms with Crippen molar-refractivity contribution in [3.8, 4) is 0 Å². The van der Waals surface area contributed by atoms with E-state index in [0.717, 1.165) is 24.2 Å². The summed E-state index contributed by atoms with van der Waals surface area (Å²) in [7, 11) is 1.79. The topological polar surface area (TPSA) is 69.0 Å². The van der Waals surface area contributed by atoms with Gasteiger partial charge in [-0.25, -0.2) is 4.98 Å². The van der Waals surface area contributed by atoms with Crippen molar-refractivity contribution in [2.45, 2.75) is 38.3 Å². The Kier molecular flexibility index (Phi) is 5.17. The van der Waals surface area contributed by atoms with E-state index < -0.39 is 12.8 Å². The number of aryl methyl sites for hydroxylation is 2. The zero-order chi connectivity index (χ0) is 18.9. The van der Waals surface area contributed by atoms with Gasteiger partial charge in [-0.1, -0.05) is 0 Å². The molecule has 0 atom stereocenters. The number of hydrogen-bond acceptors (Lipinski definition) is 4. The van der Waals surface area contributed by atoms with Gasteiger partial charge in [0.05, 0.1) is 16.6 Å². The maximum absolute atomic E-state index is 12.6. The Morgan fingerprint density at radius 2 is 2.15 bits per heavy atom. The predicted octanol–water partition coefficient (Wildman–Crippen LogP) is 2.85. The van der Waals surface area contributed by atoms with Gasteiger partial charge in [0.15, 0.2) is 5.65 Å². The van der Waals surface area contributed by atoms with E-state index in [4.69, 9.17) is 0 Å². The highest BCUT2D eigenvalue weighted by Crippen LogP contribution is 2.40. The third kappa shape index (κ3) is 4.32. The van der Waals surface area contributed by atoms with Gasteiger partial charge in [-0.3, -0.25) is 9.48 Å². The molecule has 1 aliphatic rings. The van der Waals surface area contributed by atoms with Gasteiger partial charge < -0.3 is 10.1 Å². The monoisotopic (exact) mass is 370 g/mol. The van der Waals surface area contributed by atoms with Gasteiger partial charge in [0.2, 0.25) is 0 Å². The van der Waals surface area contributed by atoms with Crippen molar-refractivity contribution in [1.29, 1.82) is 0 Å². The molecule has 1 N–H and O–H groups in total. The number of carbonyl (C=O) groups is 1. The third-order valence-electron chi connectivity index (χ3n) is 4.25. The molecule has 6 nitrogen and oxygen atoms in total. The zero-order valence-electron chi connectivity index (χ0n) is 14.7. The minimum absolute atomic E-state index is 0.0647. The second kappa shape index (κ2) is 7.22. The van der Waals surface area contributed by atoms with Crippen molar-refractivity contribution in [1.82, 2.24) is 20.1 Å². The fourth-order valence-corrected chi connectivity index (χ4v) is 2.89. The normalized spacial score (nSPS) is 14.8. The summed E-state index contributed by atoms with van der Waals surface area (Å²) < 4.78 is 42.2. The average Bonchev–Trinajstić information content (AvgIpc) is 3.36. The molecule has 1 aliphatic carbocycles. The van der Waals surface area contributed by atoms with Crippen molar-refractivity contribution in [3.63, 3.8) is 0 Å². The summed E-state index contributed by atoms with van der Waals surface area (Å²) in [5.41, 5.74) is 2.79. The maximum Gasteiger partial charge on any atom is 0.411 e. The fraction of sp³-hybridized carbons (Fsp3) is 0.588. The molecule has 1 saturated carbocycles. The summed E-state index contributed by atoms with van der Waals surface area (Å²) in [6.45, 7) is 0.720. The molecule has 142 valence electrons. The molecule has 0 aliphatic heterocycles. The van der Waals surface area contributed by atoms with Crippen molar-refractivity contribution < 1.29 is 22.7 Å². The van der Waals surface area contributed by atoms with Crippen LogP contribution in [0.25, 0.3) is 11.0 Å². The minimum Gasteiger partial charge on any atom is -0.372 e. The molecular formula is C17H21F3N4O2. The van der Waals surface area contributed by atoms with Crippen LogP contribution < -0.4 is 5.32 Å². The number of amides is 1. The van der Waals surface area contributed by atoms with Crippen LogP contribution in [0.1, 0.15) is 46.9 Å². The zero-order valence-corrected chi connectivity index (χ0v) is 14.7. The number of fused-ring (bicyclic) bond motifs is 1. The van der Waals surface area contributed by atoms with Crippen molar-refractivity contribution in [2.24, 2.45) is 7.05 Å². The Morgan fingerprint density at radius 3 is 2.81 bits per heavy atom. The Labute approximate surface area is 148 Å². The number of halogens is 3. The number of pyridine rings is 1. The average molecular weight is 370 g/mol. The van der Waals surface area contributed by atoms with E-state index in [2.05, 4.69) is 20.1 Å². The largest absolute Gasteiger partial charge is 0.411 e. The van der Waals surface area contributed by atoms with Gasteiger partial charge >= 0.3 is 6.18 Å². The number of aromatic nitrogens is 3. The van der Waals surface area contributed by atoms with Gasteiger partial charge in [0.25, 0.3) is 5.91 Å². The lowest BCUT2D eigenvalue weighted by Crippen LogP contribution is -2.26. The number of carbonyl (C=O) groups excluding carboxylic acids is 1. The molecule has 9 heteroatoms. The first-order valence-corrected chi connectivity index (χ1v) is 8.53. The van der Waals surface area contributed by atoms with Crippen LogP contribution in [-0.2, 0) is 11.8 Å². The molecule has 2 heterocycles. The molecular weight excluding hydrogens is 349 g/mol. The van der Waals surface area contributed by atoms with Crippen molar-refractivity contribution >= 4 is 16.9 Å². The summed E-state index contributed by atoms with van der Waals surface area (Å²) in [4.78, 5) is 17.2. The highest BCUT2D eigenvalue weighted by atomic mass is 19.4. The second-order valence-electron chi connectivity index (χ2n) is 6.55. The number of ether oxygens (including phenoxy) is 1. The van der Waals surface area contributed by atoms with Crippen LogP contribution in [0.4, 0.5) is 13.2 Å². The van der Waals surface area contributed by atoms with Crippen LogP contribution >= 0.6 is 0 Å². The van der Waals surface area contributed by atoms with Crippen LogP contribution in [0.15, 0.2) is 6.07 Å². The maximum atomic E-state index is 12.6. The van der Waals surface area contributed by atoms with Gasteiger partial charge in [-0.15, -0.1) is 0 Å². The molecule has 3 rings (SSSR count). The molecule has 2 aromatic heterocycles. The number of hydrogen-bond donors (Lipinski definition) is 1. The van der Waals surface area contributed by atoms with Crippen LogP contribution in [0.2, 0.25) is 0 Å². The first-order chi connectivity index (χ1) is 12.3. The van der Waals surface area contributed by atoms with Crippen LogP contribution in [-0.4, -0.2) is 46.6 Å². The molecule has 1 fully saturated rings. The van der Waals surface area contributed by atoms with Crippen molar-refractivity contribution in [2.75, 3.05) is 19.8 Å². The molecule has 0 spiro atoms. The SMILES string of the molecule is Cc1nn(C)c2nc(C3CC3)cc(C(=O)NCCCOCC(F)(F)F)c12. The first kappa shape index (κ1) is 18.6. The molecule has 0 unspecified atom stereocenters. The van der Waals surface area contributed by atoms with E-state index in [9.17, 15) is 18.0 Å². The first-order valence-electron chi connectivity index (χ1n) is 8.53. The molecule has 0 aromatic carbocycles. The molecule has 0 saturated heterocycles. The quantitative estimate of drug-likeness (QED) is 0.761. The van der Waals surface area contributed by atoms with E-state index >= 15 is 0 Å². The van der Waals surface area contributed by atoms with Gasteiger partial charge in [0.1, 0.15) is 6.61 Å². The summed E-state index contributed by atoms with van der Waals surface area (Å²) in [5.74, 6) is 0.114. The Bertz CT molecular complexity index is 812. The van der Waals surface area contributed by atoms with Gasteiger partial charge in [-0.05, 0) is 32.3 Å². The van der Waals surface area contributed by atoms with Gasteiger partial charge in [-0.2, -0.15) is 18.3 Å². The minimum atomic E-state index is -4.33. The number of alkyl halides is 3. The highest BCUT2D eigenvalue weighted by molar-refractivity contribution is 6.06. The summed E-state index contributed by atoms with van der Waals surface area (Å²) in [6.07, 6.45) is -1.90. The lowest BCUT2D eigenvalue weighted by atomic mass is 10.1. The van der Waals surface area contributed by atoms with E-state index in [1.54, 1.807) is 11.7 Å². The summed E-state index contributed by atoms with van der Waals surface area (Å²) >= 11 is 0. The number of nitrogens with zero attached hydrogens (tertiary/aromatic N) is 3. The second-order valence-corrected chi connectivity index (χ2v) is 6.55. The smallest absolute Gasteiger partial charge is 0.372 e.